The molecule has 1 N–H and O–H groups in total. The molecule has 3 aromatic carbocycles. The van der Waals surface area contributed by atoms with E-state index in [4.69, 9.17) is 4.98 Å². The van der Waals surface area contributed by atoms with E-state index < -0.39 is 0 Å². The molecule has 3 heteroatoms. The van der Waals surface area contributed by atoms with Crippen LogP contribution >= 0.6 is 0 Å². The van der Waals surface area contributed by atoms with Crippen molar-refractivity contribution in [3.05, 3.63) is 78.5 Å². The fourth-order valence-corrected chi connectivity index (χ4v) is 4.02. The number of hydrogen-bond donors (Lipinski definition) is 1. The highest BCUT2D eigenvalue weighted by molar-refractivity contribution is 6.09. The van der Waals surface area contributed by atoms with E-state index >= 15 is 0 Å². The maximum Gasteiger partial charge on any atom is 0.138 e. The number of para-hydroxylation sites is 1. The molecular formula is C24H21N3. The summed E-state index contributed by atoms with van der Waals surface area (Å²) in [6, 6.07) is 25.6. The standard InChI is InChI=1S/C24H21N3/c1-3-27-21-12-8-7-11-19(21)20-15-18(13-14-22(20)27)24-25-16(2)23(26-24)17-9-5-4-6-10-17/h4-15H,3H2,1-2H3,(H,25,26). The quantitative estimate of drug-likeness (QED) is 0.414. The molecule has 0 bridgehead atoms. The second-order valence-electron chi connectivity index (χ2n) is 6.92. The van der Waals surface area contributed by atoms with Gasteiger partial charge in [-0.15, -0.1) is 0 Å². The molecule has 0 spiro atoms. The molecule has 0 unspecified atom stereocenters. The lowest BCUT2D eigenvalue weighted by molar-refractivity contribution is 0.827. The zero-order valence-corrected chi connectivity index (χ0v) is 15.5. The molecule has 0 saturated heterocycles. The van der Waals surface area contributed by atoms with Crippen molar-refractivity contribution in [3.63, 3.8) is 0 Å². The summed E-state index contributed by atoms with van der Waals surface area (Å²) in [6.45, 7) is 5.24. The Morgan fingerprint density at radius 2 is 1.56 bits per heavy atom. The number of nitrogens with zero attached hydrogens (tertiary/aromatic N) is 2. The molecule has 2 aromatic heterocycles. The molecule has 27 heavy (non-hydrogen) atoms. The summed E-state index contributed by atoms with van der Waals surface area (Å²) in [5.74, 6) is 0.918. The van der Waals surface area contributed by atoms with Gasteiger partial charge in [0, 0.05) is 45.2 Å². The van der Waals surface area contributed by atoms with Crippen LogP contribution in [0.5, 0.6) is 0 Å². The fourth-order valence-electron chi connectivity index (χ4n) is 4.02. The number of imidazole rings is 1. The van der Waals surface area contributed by atoms with Gasteiger partial charge in [-0.2, -0.15) is 0 Å². The first-order valence-corrected chi connectivity index (χ1v) is 9.39. The van der Waals surface area contributed by atoms with Crippen LogP contribution < -0.4 is 0 Å². The van der Waals surface area contributed by atoms with Crippen LogP contribution in [0.25, 0.3) is 44.5 Å². The summed E-state index contributed by atoms with van der Waals surface area (Å²) in [5.41, 5.74) is 6.92. The van der Waals surface area contributed by atoms with E-state index in [1.807, 2.05) is 6.07 Å². The van der Waals surface area contributed by atoms with Crippen molar-refractivity contribution in [3.8, 4) is 22.6 Å². The van der Waals surface area contributed by atoms with E-state index in [-0.39, 0.29) is 0 Å². The largest absolute Gasteiger partial charge is 0.342 e. The Morgan fingerprint density at radius 1 is 0.815 bits per heavy atom. The van der Waals surface area contributed by atoms with Crippen LogP contribution in [-0.2, 0) is 6.54 Å². The molecular weight excluding hydrogens is 330 g/mol. The number of aromatic amines is 1. The second kappa shape index (κ2) is 6.13. The summed E-state index contributed by atoms with van der Waals surface area (Å²) in [7, 11) is 0. The average molecular weight is 351 g/mol. The van der Waals surface area contributed by atoms with Crippen LogP contribution in [0.3, 0.4) is 0 Å². The van der Waals surface area contributed by atoms with Crippen molar-refractivity contribution in [2.75, 3.05) is 0 Å². The van der Waals surface area contributed by atoms with E-state index in [9.17, 15) is 0 Å². The molecule has 0 fully saturated rings. The van der Waals surface area contributed by atoms with E-state index in [0.717, 1.165) is 34.9 Å². The fraction of sp³-hybridized carbons (Fsp3) is 0.125. The number of hydrogen-bond acceptors (Lipinski definition) is 1. The number of aromatic nitrogens is 3. The number of aryl methyl sites for hydroxylation is 2. The third-order valence-electron chi connectivity index (χ3n) is 5.29. The van der Waals surface area contributed by atoms with Crippen molar-refractivity contribution < 1.29 is 0 Å². The van der Waals surface area contributed by atoms with Gasteiger partial charge in [0.2, 0.25) is 0 Å². The molecule has 0 aliphatic carbocycles. The molecule has 0 aliphatic rings. The van der Waals surface area contributed by atoms with Crippen LogP contribution in [0, 0.1) is 6.92 Å². The van der Waals surface area contributed by atoms with Gasteiger partial charge in [-0.1, -0.05) is 48.5 Å². The van der Waals surface area contributed by atoms with Gasteiger partial charge in [0.05, 0.1) is 5.69 Å². The molecule has 5 aromatic rings. The van der Waals surface area contributed by atoms with E-state index in [0.29, 0.717) is 0 Å². The zero-order chi connectivity index (χ0) is 18.4. The second-order valence-corrected chi connectivity index (χ2v) is 6.92. The highest BCUT2D eigenvalue weighted by atomic mass is 15.0. The predicted octanol–water partition coefficient (Wildman–Crippen LogP) is 6.18. The minimum atomic E-state index is 0.918. The molecule has 5 rings (SSSR count). The van der Waals surface area contributed by atoms with E-state index in [1.54, 1.807) is 0 Å². The van der Waals surface area contributed by atoms with E-state index in [1.165, 1.54) is 21.8 Å². The molecule has 0 atom stereocenters. The Bertz CT molecular complexity index is 1260. The average Bonchev–Trinajstić information content (AvgIpc) is 3.26. The van der Waals surface area contributed by atoms with Gasteiger partial charge < -0.3 is 9.55 Å². The molecule has 2 heterocycles. The summed E-state index contributed by atoms with van der Waals surface area (Å²) in [5, 5.41) is 2.57. The summed E-state index contributed by atoms with van der Waals surface area (Å²) < 4.78 is 2.37. The monoisotopic (exact) mass is 351 g/mol. The van der Waals surface area contributed by atoms with Gasteiger partial charge in [-0.05, 0) is 38.1 Å². The van der Waals surface area contributed by atoms with Crippen LogP contribution in [0.4, 0.5) is 0 Å². The molecule has 0 saturated carbocycles. The Balaban J connectivity index is 1.70. The minimum absolute atomic E-state index is 0.918. The van der Waals surface area contributed by atoms with Crippen molar-refractivity contribution in [2.45, 2.75) is 20.4 Å². The highest BCUT2D eigenvalue weighted by Crippen LogP contribution is 2.33. The SMILES string of the molecule is CCn1c2ccccc2c2cc(-c3nc(-c4ccccc4)c(C)[nH]3)ccc21. The van der Waals surface area contributed by atoms with Gasteiger partial charge in [-0.3, -0.25) is 0 Å². The van der Waals surface area contributed by atoms with Gasteiger partial charge in [0.1, 0.15) is 5.82 Å². The van der Waals surface area contributed by atoms with E-state index in [2.05, 4.69) is 90.1 Å². The Hall–Kier alpha value is -3.33. The van der Waals surface area contributed by atoms with Crippen LogP contribution in [-0.4, -0.2) is 14.5 Å². The minimum Gasteiger partial charge on any atom is -0.342 e. The van der Waals surface area contributed by atoms with Crippen molar-refractivity contribution in [2.24, 2.45) is 0 Å². The van der Waals surface area contributed by atoms with Gasteiger partial charge in [0.15, 0.2) is 0 Å². The lowest BCUT2D eigenvalue weighted by atomic mass is 10.1. The zero-order valence-electron chi connectivity index (χ0n) is 15.5. The van der Waals surface area contributed by atoms with Crippen molar-refractivity contribution >= 4 is 21.8 Å². The Labute approximate surface area is 158 Å². The number of rotatable bonds is 3. The molecule has 132 valence electrons. The van der Waals surface area contributed by atoms with Crippen molar-refractivity contribution in [1.82, 2.24) is 14.5 Å². The summed E-state index contributed by atoms with van der Waals surface area (Å²) in [4.78, 5) is 8.38. The van der Waals surface area contributed by atoms with Crippen LogP contribution in [0.15, 0.2) is 72.8 Å². The van der Waals surface area contributed by atoms with Crippen molar-refractivity contribution in [1.29, 1.82) is 0 Å². The lowest BCUT2D eigenvalue weighted by Gasteiger charge is -2.03. The third kappa shape index (κ3) is 2.47. The molecule has 0 radical (unpaired) electrons. The molecule has 0 amide bonds. The number of H-pyrrole nitrogens is 1. The van der Waals surface area contributed by atoms with Crippen LogP contribution in [0.1, 0.15) is 12.6 Å². The molecule has 3 nitrogen and oxygen atoms in total. The highest BCUT2D eigenvalue weighted by Gasteiger charge is 2.13. The summed E-state index contributed by atoms with van der Waals surface area (Å²) in [6.07, 6.45) is 0. The first-order chi connectivity index (χ1) is 13.3. The van der Waals surface area contributed by atoms with Gasteiger partial charge in [-0.25, -0.2) is 4.98 Å². The smallest absolute Gasteiger partial charge is 0.138 e. The normalized spacial score (nSPS) is 11.5. The lowest BCUT2D eigenvalue weighted by Crippen LogP contribution is -1.92. The van der Waals surface area contributed by atoms with Gasteiger partial charge >= 0.3 is 0 Å². The number of benzene rings is 3. The predicted molar refractivity (Wildman–Crippen MR) is 113 cm³/mol. The summed E-state index contributed by atoms with van der Waals surface area (Å²) >= 11 is 0. The maximum atomic E-state index is 4.90. The van der Waals surface area contributed by atoms with Gasteiger partial charge in [0.25, 0.3) is 0 Å². The first-order valence-electron chi connectivity index (χ1n) is 9.39. The first kappa shape index (κ1) is 15.9. The number of nitrogens with one attached hydrogen (secondary N) is 1. The Kier molecular flexibility index (Phi) is 3.61. The number of fused-ring (bicyclic) bond motifs is 3. The van der Waals surface area contributed by atoms with Crippen LogP contribution in [0.2, 0.25) is 0 Å². The Morgan fingerprint density at radius 3 is 2.37 bits per heavy atom. The molecule has 0 aliphatic heterocycles. The maximum absolute atomic E-state index is 4.90. The third-order valence-corrected chi connectivity index (χ3v) is 5.29. The topological polar surface area (TPSA) is 33.6 Å².